The van der Waals surface area contributed by atoms with E-state index in [4.69, 9.17) is 18.0 Å². The summed E-state index contributed by atoms with van der Waals surface area (Å²) in [5.74, 6) is -0.0900. The Morgan fingerprint density at radius 3 is 2.47 bits per heavy atom. The first-order valence-corrected chi connectivity index (χ1v) is 7.12. The summed E-state index contributed by atoms with van der Waals surface area (Å²) in [5.41, 5.74) is 7.04. The molecule has 0 saturated carbocycles. The van der Waals surface area contributed by atoms with E-state index < -0.39 is 0 Å². The third-order valence-corrected chi connectivity index (χ3v) is 4.13. The summed E-state index contributed by atoms with van der Waals surface area (Å²) in [6, 6.07) is 11.0. The molecule has 0 fully saturated rings. The Morgan fingerprint density at radius 2 is 1.95 bits per heavy atom. The van der Waals surface area contributed by atoms with Gasteiger partial charge in [-0.25, -0.2) is 0 Å². The number of carbonyl (C=O) groups is 1. The molecule has 0 aliphatic rings. The molecular formula is C14H14N2OS2. The topological polar surface area (TPSA) is 55.1 Å². The highest BCUT2D eigenvalue weighted by atomic mass is 32.1. The Kier molecular flexibility index (Phi) is 4.29. The molecule has 1 heterocycles. The van der Waals surface area contributed by atoms with Crippen molar-refractivity contribution < 1.29 is 4.79 Å². The van der Waals surface area contributed by atoms with Crippen LogP contribution in [0.2, 0.25) is 0 Å². The van der Waals surface area contributed by atoms with Gasteiger partial charge in [0.25, 0.3) is 5.91 Å². The molecule has 3 nitrogen and oxygen atoms in total. The summed E-state index contributed by atoms with van der Waals surface area (Å²) >= 11 is 6.39. The van der Waals surface area contributed by atoms with E-state index in [2.05, 4.69) is 12.2 Å². The molecule has 1 aromatic carbocycles. The molecule has 0 aliphatic heterocycles. The van der Waals surface area contributed by atoms with Gasteiger partial charge >= 0.3 is 0 Å². The molecule has 2 aromatic rings. The Balaban J connectivity index is 2.08. The zero-order chi connectivity index (χ0) is 13.8. The minimum atomic E-state index is -0.0900. The summed E-state index contributed by atoms with van der Waals surface area (Å²) in [7, 11) is 0. The van der Waals surface area contributed by atoms with Crippen LogP contribution in [0.1, 0.15) is 27.0 Å². The van der Waals surface area contributed by atoms with Crippen molar-refractivity contribution in [2.45, 2.75) is 13.3 Å². The number of carbonyl (C=O) groups excluding carboxylic acids is 1. The van der Waals surface area contributed by atoms with E-state index in [1.807, 2.05) is 12.1 Å². The van der Waals surface area contributed by atoms with Crippen molar-refractivity contribution in [3.8, 4) is 0 Å². The lowest BCUT2D eigenvalue weighted by Gasteiger charge is -2.04. The van der Waals surface area contributed by atoms with Gasteiger partial charge < -0.3 is 11.1 Å². The Hall–Kier alpha value is -1.72. The van der Waals surface area contributed by atoms with Gasteiger partial charge in [-0.05, 0) is 42.8 Å². The molecule has 0 saturated heterocycles. The Labute approximate surface area is 121 Å². The molecule has 0 aliphatic carbocycles. The molecule has 0 radical (unpaired) electrons. The molecule has 1 aromatic heterocycles. The van der Waals surface area contributed by atoms with Gasteiger partial charge in [0.05, 0.1) is 4.88 Å². The number of hydrogen-bond acceptors (Lipinski definition) is 3. The van der Waals surface area contributed by atoms with Crippen LogP contribution in [0.4, 0.5) is 5.69 Å². The predicted octanol–water partition coefficient (Wildman–Crippen LogP) is 3.20. The third-order valence-electron chi connectivity index (χ3n) is 2.66. The fourth-order valence-corrected chi connectivity index (χ4v) is 2.58. The molecular weight excluding hydrogens is 276 g/mol. The molecule has 0 unspecified atom stereocenters. The van der Waals surface area contributed by atoms with E-state index in [0.29, 0.717) is 4.99 Å². The number of rotatable bonds is 4. The second kappa shape index (κ2) is 5.95. The third kappa shape index (κ3) is 3.39. The maximum Gasteiger partial charge on any atom is 0.265 e. The van der Waals surface area contributed by atoms with Gasteiger partial charge in [-0.1, -0.05) is 19.1 Å². The average molecular weight is 290 g/mol. The average Bonchev–Trinajstić information content (AvgIpc) is 2.88. The number of nitrogens with two attached hydrogens (primary N) is 1. The SMILES string of the molecule is CCc1ccc(C(=O)Nc2ccc(C(N)=S)cc2)s1. The van der Waals surface area contributed by atoms with E-state index >= 15 is 0 Å². The molecule has 2 rings (SSSR count). The van der Waals surface area contributed by atoms with E-state index in [9.17, 15) is 4.79 Å². The molecule has 5 heteroatoms. The number of nitrogens with one attached hydrogen (secondary N) is 1. The molecule has 3 N–H and O–H groups in total. The van der Waals surface area contributed by atoms with Crippen LogP contribution in [-0.2, 0) is 6.42 Å². The van der Waals surface area contributed by atoms with E-state index in [1.165, 1.54) is 16.2 Å². The van der Waals surface area contributed by atoms with Gasteiger partial charge in [0.15, 0.2) is 0 Å². The van der Waals surface area contributed by atoms with Gasteiger partial charge in [0.2, 0.25) is 0 Å². The van der Waals surface area contributed by atoms with Crippen molar-refractivity contribution in [2.75, 3.05) is 5.32 Å². The van der Waals surface area contributed by atoms with Gasteiger partial charge in [0.1, 0.15) is 4.99 Å². The second-order valence-corrected chi connectivity index (χ2v) is 5.62. The van der Waals surface area contributed by atoms with Crippen LogP contribution in [-0.4, -0.2) is 10.9 Å². The fourth-order valence-electron chi connectivity index (χ4n) is 1.60. The molecule has 19 heavy (non-hydrogen) atoms. The van der Waals surface area contributed by atoms with Crippen LogP contribution in [0.5, 0.6) is 0 Å². The van der Waals surface area contributed by atoms with Crippen LogP contribution < -0.4 is 11.1 Å². The molecule has 0 atom stereocenters. The maximum atomic E-state index is 12.0. The smallest absolute Gasteiger partial charge is 0.265 e. The van der Waals surface area contributed by atoms with Crippen molar-refractivity contribution >= 4 is 40.1 Å². The molecule has 0 bridgehead atoms. The van der Waals surface area contributed by atoms with E-state index in [-0.39, 0.29) is 5.91 Å². The zero-order valence-electron chi connectivity index (χ0n) is 10.5. The van der Waals surface area contributed by atoms with Crippen molar-refractivity contribution in [2.24, 2.45) is 5.73 Å². The van der Waals surface area contributed by atoms with Crippen molar-refractivity contribution in [1.29, 1.82) is 0 Å². The lowest BCUT2D eigenvalue weighted by Crippen LogP contribution is -2.11. The van der Waals surface area contributed by atoms with Crippen LogP contribution in [0, 0.1) is 0 Å². The van der Waals surface area contributed by atoms with Crippen molar-refractivity contribution in [3.05, 3.63) is 51.7 Å². The van der Waals surface area contributed by atoms with Gasteiger partial charge in [-0.2, -0.15) is 0 Å². The highest BCUT2D eigenvalue weighted by Gasteiger charge is 2.09. The fraction of sp³-hybridized carbons (Fsp3) is 0.143. The van der Waals surface area contributed by atoms with Crippen molar-refractivity contribution in [1.82, 2.24) is 0 Å². The Morgan fingerprint density at radius 1 is 1.26 bits per heavy atom. The summed E-state index contributed by atoms with van der Waals surface area (Å²) in [4.78, 5) is 14.3. The normalized spacial score (nSPS) is 10.2. The molecule has 0 spiro atoms. The van der Waals surface area contributed by atoms with Crippen LogP contribution in [0.15, 0.2) is 36.4 Å². The minimum absolute atomic E-state index is 0.0900. The van der Waals surface area contributed by atoms with Crippen LogP contribution >= 0.6 is 23.6 Å². The highest BCUT2D eigenvalue weighted by Crippen LogP contribution is 2.19. The lowest BCUT2D eigenvalue weighted by atomic mass is 10.2. The minimum Gasteiger partial charge on any atom is -0.389 e. The Bertz CT molecular complexity index is 602. The summed E-state index contributed by atoms with van der Waals surface area (Å²) in [6.07, 6.45) is 0.945. The number of thiocarbonyl (C=S) groups is 1. The zero-order valence-corrected chi connectivity index (χ0v) is 12.1. The summed E-state index contributed by atoms with van der Waals surface area (Å²) < 4.78 is 0. The number of hydrogen-bond donors (Lipinski definition) is 2. The van der Waals surface area contributed by atoms with Gasteiger partial charge in [0, 0.05) is 16.1 Å². The monoisotopic (exact) mass is 290 g/mol. The summed E-state index contributed by atoms with van der Waals surface area (Å²) in [6.45, 7) is 2.07. The van der Waals surface area contributed by atoms with Crippen LogP contribution in [0.25, 0.3) is 0 Å². The molecule has 1 amide bonds. The number of thiophene rings is 1. The van der Waals surface area contributed by atoms with Gasteiger partial charge in [-0.3, -0.25) is 4.79 Å². The first-order valence-electron chi connectivity index (χ1n) is 5.90. The summed E-state index contributed by atoms with van der Waals surface area (Å²) in [5, 5.41) is 2.85. The largest absolute Gasteiger partial charge is 0.389 e. The quantitative estimate of drug-likeness (QED) is 0.850. The first-order chi connectivity index (χ1) is 9.10. The number of anilines is 1. The highest BCUT2D eigenvalue weighted by molar-refractivity contribution is 7.80. The van der Waals surface area contributed by atoms with Crippen molar-refractivity contribution in [3.63, 3.8) is 0 Å². The van der Waals surface area contributed by atoms with E-state index in [1.54, 1.807) is 24.3 Å². The number of amides is 1. The maximum absolute atomic E-state index is 12.0. The number of benzene rings is 1. The number of aryl methyl sites for hydroxylation is 1. The lowest BCUT2D eigenvalue weighted by molar-refractivity contribution is 0.103. The predicted molar refractivity (Wildman–Crippen MR) is 84.0 cm³/mol. The molecule has 98 valence electrons. The van der Waals surface area contributed by atoms with Gasteiger partial charge in [-0.15, -0.1) is 11.3 Å². The second-order valence-electron chi connectivity index (χ2n) is 4.02. The standard InChI is InChI=1S/C14H14N2OS2/c1-2-11-7-8-12(19-11)14(17)16-10-5-3-9(4-6-10)13(15)18/h3-8H,2H2,1H3,(H2,15,18)(H,16,17). The van der Waals surface area contributed by atoms with E-state index in [0.717, 1.165) is 22.5 Å². The first kappa shape index (κ1) is 13.7. The van der Waals surface area contributed by atoms with Crippen LogP contribution in [0.3, 0.4) is 0 Å².